The van der Waals surface area contributed by atoms with Crippen LogP contribution in [-0.2, 0) is 0 Å². The van der Waals surface area contributed by atoms with Gasteiger partial charge < -0.3 is 17.0 Å². The van der Waals surface area contributed by atoms with E-state index in [9.17, 15) is 0 Å². The Morgan fingerprint density at radius 1 is 1.17 bits per heavy atom. The third-order valence-electron chi connectivity index (χ3n) is 1.39. The van der Waals surface area contributed by atoms with Crippen LogP contribution in [0.4, 0.5) is 0 Å². The zero-order valence-corrected chi connectivity index (χ0v) is 10.5. The van der Waals surface area contributed by atoms with Crippen LogP contribution >= 0.6 is 0 Å². The number of benzene rings is 1. The first kappa shape index (κ1) is 14.7. The first-order chi connectivity index (χ1) is 4.83. The van der Waals surface area contributed by atoms with Crippen molar-refractivity contribution in [2.45, 2.75) is 13.8 Å². The van der Waals surface area contributed by atoms with Gasteiger partial charge in [-0.05, 0) is 6.92 Å². The van der Waals surface area contributed by atoms with Crippen molar-refractivity contribution in [3.8, 4) is 0 Å². The molecule has 0 nitrogen and oxygen atoms in total. The molecule has 0 unspecified atom stereocenters. The van der Waals surface area contributed by atoms with Crippen LogP contribution in [0.25, 0.3) is 6.08 Å². The molecule has 0 saturated carbocycles. The molecule has 0 aliphatic carbocycles. The number of halogens is 1. The van der Waals surface area contributed by atoms with Crippen LogP contribution in [0, 0.1) is 13.0 Å². The average Bonchev–Trinajstić information content (AvgIpc) is 1.95. The van der Waals surface area contributed by atoms with E-state index in [0.29, 0.717) is 0 Å². The molecular formula is C10H11BrMg. The largest absolute Gasteiger partial charge is 2.00 e. The first-order valence-electron chi connectivity index (χ1n) is 3.40. The van der Waals surface area contributed by atoms with Gasteiger partial charge in [-0.3, -0.25) is 6.08 Å². The SMILES string of the molecule is C[C-]=Cc1ccc(C)cc1.[Br-].[Mg+2]. The zero-order chi connectivity index (χ0) is 7.40. The van der Waals surface area contributed by atoms with Crippen molar-refractivity contribution in [2.24, 2.45) is 0 Å². The predicted molar refractivity (Wildman–Crippen MR) is 50.3 cm³/mol. The van der Waals surface area contributed by atoms with Crippen molar-refractivity contribution in [2.75, 3.05) is 0 Å². The fourth-order valence-corrected chi connectivity index (χ4v) is 0.829. The molecule has 0 radical (unpaired) electrons. The van der Waals surface area contributed by atoms with Gasteiger partial charge in [0.15, 0.2) is 0 Å². The smallest absolute Gasteiger partial charge is 1.00 e. The van der Waals surface area contributed by atoms with Crippen molar-refractivity contribution in [1.82, 2.24) is 0 Å². The van der Waals surface area contributed by atoms with Crippen molar-refractivity contribution in [3.05, 3.63) is 41.5 Å². The summed E-state index contributed by atoms with van der Waals surface area (Å²) in [5.74, 6) is 0. The van der Waals surface area contributed by atoms with Gasteiger partial charge in [-0.25, -0.2) is 6.08 Å². The van der Waals surface area contributed by atoms with Crippen LogP contribution in [-0.4, -0.2) is 23.1 Å². The summed E-state index contributed by atoms with van der Waals surface area (Å²) in [5, 5.41) is 0. The number of allylic oxidation sites excluding steroid dienone is 1. The molecular weight excluding hydrogens is 224 g/mol. The Balaban J connectivity index is 0. The summed E-state index contributed by atoms with van der Waals surface area (Å²) in [4.78, 5) is 0. The number of rotatable bonds is 1. The van der Waals surface area contributed by atoms with Crippen molar-refractivity contribution in [1.29, 1.82) is 0 Å². The van der Waals surface area contributed by atoms with E-state index in [2.05, 4.69) is 37.3 Å². The molecule has 1 rings (SSSR count). The Kier molecular flexibility index (Phi) is 9.61. The zero-order valence-electron chi connectivity index (χ0n) is 7.47. The van der Waals surface area contributed by atoms with Crippen molar-refractivity contribution < 1.29 is 17.0 Å². The van der Waals surface area contributed by atoms with Gasteiger partial charge in [-0.2, -0.15) is 5.56 Å². The maximum Gasteiger partial charge on any atom is 2.00 e. The summed E-state index contributed by atoms with van der Waals surface area (Å²) in [5.41, 5.74) is 2.52. The number of aryl methyl sites for hydroxylation is 1. The molecule has 0 heterocycles. The first-order valence-corrected chi connectivity index (χ1v) is 3.40. The van der Waals surface area contributed by atoms with Crippen LogP contribution in [0.1, 0.15) is 18.1 Å². The fourth-order valence-electron chi connectivity index (χ4n) is 0.829. The molecule has 60 valence electrons. The third kappa shape index (κ3) is 4.96. The van der Waals surface area contributed by atoms with Gasteiger partial charge in [0.05, 0.1) is 0 Å². The van der Waals surface area contributed by atoms with Crippen LogP contribution in [0.5, 0.6) is 0 Å². The van der Waals surface area contributed by atoms with Gasteiger partial charge in [0.25, 0.3) is 0 Å². The molecule has 12 heavy (non-hydrogen) atoms. The Morgan fingerprint density at radius 3 is 2.08 bits per heavy atom. The van der Waals surface area contributed by atoms with Gasteiger partial charge in [0.2, 0.25) is 0 Å². The minimum Gasteiger partial charge on any atom is -1.00 e. The van der Waals surface area contributed by atoms with Crippen LogP contribution < -0.4 is 17.0 Å². The maximum absolute atomic E-state index is 2.98. The second kappa shape index (κ2) is 7.83. The Bertz CT molecular complexity index is 226. The van der Waals surface area contributed by atoms with E-state index in [1.807, 2.05) is 13.0 Å². The monoisotopic (exact) mass is 234 g/mol. The van der Waals surface area contributed by atoms with Crippen LogP contribution in [0.3, 0.4) is 0 Å². The van der Waals surface area contributed by atoms with Gasteiger partial charge in [-0.1, -0.05) is 17.7 Å². The third-order valence-corrected chi connectivity index (χ3v) is 1.39. The number of hydrogen-bond acceptors (Lipinski definition) is 0. The Morgan fingerprint density at radius 2 is 1.67 bits per heavy atom. The van der Waals surface area contributed by atoms with Gasteiger partial charge >= 0.3 is 23.1 Å². The van der Waals surface area contributed by atoms with Crippen molar-refractivity contribution in [3.63, 3.8) is 0 Å². The fraction of sp³-hybridized carbons (Fsp3) is 0.200. The molecule has 1 aromatic carbocycles. The van der Waals surface area contributed by atoms with Gasteiger partial charge in [0, 0.05) is 0 Å². The van der Waals surface area contributed by atoms with E-state index in [1.165, 1.54) is 11.1 Å². The minimum absolute atomic E-state index is 0. The predicted octanol–water partition coefficient (Wildman–Crippen LogP) is -0.545. The molecule has 0 amide bonds. The topological polar surface area (TPSA) is 0 Å². The Hall–Kier alpha value is 0.206. The summed E-state index contributed by atoms with van der Waals surface area (Å²) in [6.45, 7) is 3.99. The molecule has 0 bridgehead atoms. The molecule has 0 aliphatic rings. The summed E-state index contributed by atoms with van der Waals surface area (Å²) in [6, 6.07) is 8.38. The van der Waals surface area contributed by atoms with Crippen molar-refractivity contribution >= 4 is 29.1 Å². The van der Waals surface area contributed by atoms with E-state index < -0.39 is 0 Å². The van der Waals surface area contributed by atoms with Crippen LogP contribution in [0.15, 0.2) is 24.3 Å². The second-order valence-electron chi connectivity index (χ2n) is 2.34. The molecule has 0 atom stereocenters. The Labute approximate surface area is 101 Å². The summed E-state index contributed by atoms with van der Waals surface area (Å²) < 4.78 is 0. The second-order valence-corrected chi connectivity index (χ2v) is 2.34. The van der Waals surface area contributed by atoms with E-state index in [4.69, 9.17) is 0 Å². The normalized spacial score (nSPS) is 8.83. The van der Waals surface area contributed by atoms with E-state index in [0.717, 1.165) is 0 Å². The number of hydrogen-bond donors (Lipinski definition) is 0. The molecule has 0 N–H and O–H groups in total. The molecule has 0 saturated heterocycles. The molecule has 0 fully saturated rings. The summed E-state index contributed by atoms with van der Waals surface area (Å²) in [7, 11) is 0. The van der Waals surface area contributed by atoms with E-state index in [1.54, 1.807) is 0 Å². The quantitative estimate of drug-likeness (QED) is 0.453. The summed E-state index contributed by atoms with van der Waals surface area (Å²) >= 11 is 0. The van der Waals surface area contributed by atoms with Gasteiger partial charge in [-0.15, -0.1) is 19.1 Å². The molecule has 1 aromatic rings. The van der Waals surface area contributed by atoms with Gasteiger partial charge in [0.1, 0.15) is 0 Å². The molecule has 0 spiro atoms. The van der Waals surface area contributed by atoms with Crippen LogP contribution in [0.2, 0.25) is 0 Å². The summed E-state index contributed by atoms with van der Waals surface area (Å²) in [6.07, 6.45) is 4.95. The maximum atomic E-state index is 2.98. The molecule has 2 heteroatoms. The average molecular weight is 235 g/mol. The van der Waals surface area contributed by atoms with E-state index >= 15 is 0 Å². The standard InChI is InChI=1S/C10H11.BrH.Mg/c1-3-4-10-7-5-9(2)6-8-10;;/h4-8H,1-2H3;1H;/q-1;;+2/p-1. The molecule has 0 aliphatic heterocycles. The van der Waals surface area contributed by atoms with E-state index in [-0.39, 0.29) is 40.0 Å². The minimum atomic E-state index is 0. The molecule has 0 aromatic heterocycles.